The Hall–Kier alpha value is -5.19. The van der Waals surface area contributed by atoms with Crippen molar-refractivity contribution < 1.29 is 29.1 Å². The molecule has 0 spiro atoms. The molecule has 3 aromatic carbocycles. The lowest BCUT2D eigenvalue weighted by molar-refractivity contribution is -0.140. The summed E-state index contributed by atoms with van der Waals surface area (Å²) in [6.45, 7) is 9.04. The number of carboxylic acids is 1. The van der Waals surface area contributed by atoms with Gasteiger partial charge in [0.05, 0.1) is 12.5 Å². The molecule has 11 heteroatoms. The third-order valence-electron chi connectivity index (χ3n) is 8.01. The first-order valence-corrected chi connectivity index (χ1v) is 15.2. The van der Waals surface area contributed by atoms with Gasteiger partial charge in [0.1, 0.15) is 11.6 Å². The Morgan fingerprint density at radius 1 is 0.870 bits per heavy atom. The summed E-state index contributed by atoms with van der Waals surface area (Å²) in [5.74, 6) is -2.25. The number of carboxylic acid groups (broad SMARTS) is 1. The number of anilines is 2. The normalized spacial score (nSPS) is 15.4. The van der Waals surface area contributed by atoms with E-state index in [-0.39, 0.29) is 25.3 Å². The summed E-state index contributed by atoms with van der Waals surface area (Å²) < 4.78 is 0. The molecule has 4 rings (SSSR count). The molecule has 4 N–H and O–H groups in total. The summed E-state index contributed by atoms with van der Waals surface area (Å²) in [6.07, 6.45) is -0.158. The summed E-state index contributed by atoms with van der Waals surface area (Å²) in [5, 5.41) is 17.9. The Bertz CT molecular complexity index is 1590. The maximum atomic E-state index is 13.9. The van der Waals surface area contributed by atoms with E-state index >= 15 is 0 Å². The minimum atomic E-state index is -1.25. The van der Waals surface area contributed by atoms with Crippen molar-refractivity contribution in [3.8, 4) is 0 Å². The lowest BCUT2D eigenvalue weighted by Crippen LogP contribution is -2.52. The molecule has 242 valence electrons. The number of aryl methyl sites for hydroxylation is 1. The second kappa shape index (κ2) is 14.3. The van der Waals surface area contributed by atoms with Crippen molar-refractivity contribution in [2.75, 3.05) is 10.6 Å². The molecule has 1 aliphatic heterocycles. The summed E-state index contributed by atoms with van der Waals surface area (Å²) >= 11 is 0. The molecule has 0 radical (unpaired) electrons. The molecule has 0 bridgehead atoms. The zero-order chi connectivity index (χ0) is 33.6. The van der Waals surface area contributed by atoms with Gasteiger partial charge in [-0.1, -0.05) is 74.5 Å². The van der Waals surface area contributed by atoms with Crippen LogP contribution in [-0.2, 0) is 20.9 Å². The van der Waals surface area contributed by atoms with E-state index in [1.165, 1.54) is 4.90 Å². The van der Waals surface area contributed by atoms with Gasteiger partial charge >= 0.3 is 18.0 Å². The fraction of sp³-hybridized carbons (Fsp3) is 0.343. The average molecular weight is 628 g/mol. The standard InChI is InChI=1S/C35H41N5O6/c1-22(2)19-29(31(43)37-28(20-30(41)42)25-12-7-6-8-13-25)40-32(44)35(4,5)39(34(40)46)21-24-15-17-26(18-16-24)36-33(45)38-27-14-10-9-11-23(27)3/h6-18,22,28-29H,19-21H2,1-5H3,(H,37,43)(H,41,42)(H2,36,38,45)/t28-,29-/m0/s1. The number of aliphatic carboxylic acids is 1. The van der Waals surface area contributed by atoms with Crippen LogP contribution in [0.15, 0.2) is 78.9 Å². The Labute approximate surface area is 269 Å². The molecule has 3 aromatic rings. The van der Waals surface area contributed by atoms with Gasteiger partial charge in [-0.05, 0) is 68.0 Å². The highest BCUT2D eigenvalue weighted by Gasteiger charge is 2.54. The van der Waals surface area contributed by atoms with Crippen LogP contribution in [0.3, 0.4) is 0 Å². The van der Waals surface area contributed by atoms with Crippen LogP contribution in [0.1, 0.15) is 63.3 Å². The number of amides is 6. The van der Waals surface area contributed by atoms with E-state index in [9.17, 15) is 29.1 Å². The molecule has 1 fully saturated rings. The van der Waals surface area contributed by atoms with Crippen LogP contribution in [-0.4, -0.2) is 56.3 Å². The van der Waals surface area contributed by atoms with Crippen LogP contribution >= 0.6 is 0 Å². The molecular weight excluding hydrogens is 586 g/mol. The van der Waals surface area contributed by atoms with Gasteiger partial charge in [-0.2, -0.15) is 0 Å². The third kappa shape index (κ3) is 7.90. The molecular formula is C35H41N5O6. The molecule has 0 saturated carbocycles. The highest BCUT2D eigenvalue weighted by molar-refractivity contribution is 6.09. The molecule has 0 aromatic heterocycles. The number of imide groups is 1. The van der Waals surface area contributed by atoms with Crippen molar-refractivity contribution >= 4 is 41.2 Å². The predicted molar refractivity (Wildman–Crippen MR) is 175 cm³/mol. The molecule has 1 saturated heterocycles. The average Bonchev–Trinajstić information content (AvgIpc) is 3.16. The fourth-order valence-electron chi connectivity index (χ4n) is 5.44. The van der Waals surface area contributed by atoms with Gasteiger partial charge in [0.15, 0.2) is 0 Å². The third-order valence-corrected chi connectivity index (χ3v) is 8.01. The largest absolute Gasteiger partial charge is 0.481 e. The van der Waals surface area contributed by atoms with Crippen LogP contribution in [0.5, 0.6) is 0 Å². The van der Waals surface area contributed by atoms with Crippen molar-refractivity contribution in [2.24, 2.45) is 5.92 Å². The zero-order valence-electron chi connectivity index (χ0n) is 26.7. The molecule has 1 heterocycles. The molecule has 46 heavy (non-hydrogen) atoms. The molecule has 1 aliphatic rings. The number of rotatable bonds is 12. The number of nitrogens with zero attached hydrogens (tertiary/aromatic N) is 2. The summed E-state index contributed by atoms with van der Waals surface area (Å²) in [7, 11) is 0. The van der Waals surface area contributed by atoms with Crippen LogP contribution < -0.4 is 16.0 Å². The van der Waals surface area contributed by atoms with Crippen molar-refractivity contribution in [3.63, 3.8) is 0 Å². The van der Waals surface area contributed by atoms with E-state index in [0.29, 0.717) is 16.9 Å². The SMILES string of the molecule is Cc1ccccc1NC(=O)Nc1ccc(CN2C(=O)N([C@@H](CC(C)C)C(=O)N[C@@H](CC(=O)O)c3ccccc3)C(=O)C2(C)C)cc1. The van der Waals surface area contributed by atoms with E-state index in [4.69, 9.17) is 0 Å². The van der Waals surface area contributed by atoms with E-state index in [2.05, 4.69) is 16.0 Å². The minimum Gasteiger partial charge on any atom is -0.481 e. The molecule has 11 nitrogen and oxygen atoms in total. The fourth-order valence-corrected chi connectivity index (χ4v) is 5.44. The lowest BCUT2D eigenvalue weighted by atomic mass is 9.98. The number of benzene rings is 3. The molecule has 0 unspecified atom stereocenters. The minimum absolute atomic E-state index is 0.0498. The topological polar surface area (TPSA) is 148 Å². The first kappa shape index (κ1) is 33.7. The Kier molecular flexibility index (Phi) is 10.5. The number of nitrogens with one attached hydrogen (secondary N) is 3. The lowest BCUT2D eigenvalue weighted by Gasteiger charge is -2.29. The van der Waals surface area contributed by atoms with Gasteiger partial charge in [-0.25, -0.2) is 14.5 Å². The van der Waals surface area contributed by atoms with Crippen LogP contribution in [0.4, 0.5) is 21.0 Å². The summed E-state index contributed by atoms with van der Waals surface area (Å²) in [4.78, 5) is 68.0. The second-order valence-electron chi connectivity index (χ2n) is 12.4. The maximum absolute atomic E-state index is 13.9. The van der Waals surface area contributed by atoms with E-state index in [0.717, 1.165) is 16.0 Å². The smallest absolute Gasteiger partial charge is 0.328 e. The zero-order valence-corrected chi connectivity index (χ0v) is 26.7. The molecule has 6 amide bonds. The van der Waals surface area contributed by atoms with Crippen LogP contribution in [0, 0.1) is 12.8 Å². The van der Waals surface area contributed by atoms with Gasteiger partial charge in [0, 0.05) is 17.9 Å². The first-order valence-electron chi connectivity index (χ1n) is 15.2. The van der Waals surface area contributed by atoms with Gasteiger partial charge in [-0.15, -0.1) is 0 Å². The second-order valence-corrected chi connectivity index (χ2v) is 12.4. The van der Waals surface area contributed by atoms with Gasteiger partial charge < -0.3 is 26.0 Å². The number of carbonyl (C=O) groups excluding carboxylic acids is 4. The summed E-state index contributed by atoms with van der Waals surface area (Å²) in [6, 6.07) is 20.1. The van der Waals surface area contributed by atoms with Crippen LogP contribution in [0.25, 0.3) is 0 Å². The Morgan fingerprint density at radius 3 is 2.11 bits per heavy atom. The monoisotopic (exact) mass is 627 g/mol. The van der Waals surface area contributed by atoms with Gasteiger partial charge in [0.25, 0.3) is 5.91 Å². The van der Waals surface area contributed by atoms with Crippen molar-refractivity contribution in [3.05, 3.63) is 95.6 Å². The Balaban J connectivity index is 1.50. The maximum Gasteiger partial charge on any atom is 0.328 e. The van der Waals surface area contributed by atoms with E-state index in [1.807, 2.05) is 45.0 Å². The quantitative estimate of drug-likeness (QED) is 0.183. The predicted octanol–water partition coefficient (Wildman–Crippen LogP) is 5.93. The highest BCUT2D eigenvalue weighted by Crippen LogP contribution is 2.33. The number of urea groups is 2. The number of carbonyl (C=O) groups is 5. The van der Waals surface area contributed by atoms with E-state index < -0.39 is 47.5 Å². The van der Waals surface area contributed by atoms with Gasteiger partial charge in [0.2, 0.25) is 5.91 Å². The number of hydrogen-bond acceptors (Lipinski definition) is 5. The van der Waals surface area contributed by atoms with Gasteiger partial charge in [-0.3, -0.25) is 14.4 Å². The first-order chi connectivity index (χ1) is 21.8. The highest BCUT2D eigenvalue weighted by atomic mass is 16.4. The van der Waals surface area contributed by atoms with Crippen molar-refractivity contribution in [1.29, 1.82) is 0 Å². The van der Waals surface area contributed by atoms with Crippen LogP contribution in [0.2, 0.25) is 0 Å². The molecule has 2 atom stereocenters. The van der Waals surface area contributed by atoms with Crippen molar-refractivity contribution in [2.45, 2.75) is 71.6 Å². The number of para-hydroxylation sites is 1. The number of hydrogen-bond donors (Lipinski definition) is 4. The van der Waals surface area contributed by atoms with E-state index in [1.54, 1.807) is 68.4 Å². The van der Waals surface area contributed by atoms with Crippen molar-refractivity contribution in [1.82, 2.24) is 15.1 Å². The molecule has 0 aliphatic carbocycles. The summed E-state index contributed by atoms with van der Waals surface area (Å²) in [5.41, 5.74) is 2.24. The Morgan fingerprint density at radius 2 is 1.50 bits per heavy atom.